The zero-order valence-corrected chi connectivity index (χ0v) is 12.5. The van der Waals surface area contributed by atoms with Crippen molar-refractivity contribution in [2.45, 2.75) is 6.42 Å². The van der Waals surface area contributed by atoms with E-state index >= 15 is 0 Å². The van der Waals surface area contributed by atoms with Crippen LogP contribution < -0.4 is 0 Å². The van der Waals surface area contributed by atoms with Gasteiger partial charge in [0.25, 0.3) is 0 Å². The summed E-state index contributed by atoms with van der Waals surface area (Å²) in [5, 5.41) is 9.30. The van der Waals surface area contributed by atoms with E-state index in [0.717, 1.165) is 28.8 Å². The van der Waals surface area contributed by atoms with E-state index in [-0.39, 0.29) is 0 Å². The molecule has 3 aromatic rings. The Hall–Kier alpha value is -3.18. The van der Waals surface area contributed by atoms with Gasteiger partial charge in [-0.3, -0.25) is 4.98 Å². The van der Waals surface area contributed by atoms with Gasteiger partial charge in [0.1, 0.15) is 0 Å². The summed E-state index contributed by atoms with van der Waals surface area (Å²) in [4.78, 5) is 4.62. The van der Waals surface area contributed by atoms with Crippen LogP contribution in [0.4, 0.5) is 0 Å². The van der Waals surface area contributed by atoms with Crippen LogP contribution in [0.25, 0.3) is 23.3 Å². The Morgan fingerprint density at radius 2 is 1.74 bits per heavy atom. The van der Waals surface area contributed by atoms with Gasteiger partial charge in [-0.05, 0) is 40.5 Å². The minimum atomic E-state index is 0.717. The molecule has 0 bridgehead atoms. The van der Waals surface area contributed by atoms with E-state index in [9.17, 15) is 5.26 Å². The van der Waals surface area contributed by atoms with Gasteiger partial charge >= 0.3 is 0 Å². The van der Waals surface area contributed by atoms with Crippen LogP contribution in [0.5, 0.6) is 0 Å². The van der Waals surface area contributed by atoms with Crippen LogP contribution in [0, 0.1) is 11.3 Å². The molecule has 0 saturated heterocycles. The van der Waals surface area contributed by atoms with Crippen LogP contribution in [0.1, 0.15) is 27.9 Å². The number of hydrogen-bond acceptors (Lipinski definition) is 2. The fraction of sp³-hybridized carbons (Fsp3) is 0.0476. The highest BCUT2D eigenvalue weighted by molar-refractivity contribution is 5.78. The molecule has 4 rings (SSSR count). The molecule has 1 heterocycles. The van der Waals surface area contributed by atoms with E-state index in [0.29, 0.717) is 0 Å². The molecule has 0 saturated carbocycles. The third-order valence-corrected chi connectivity index (χ3v) is 4.21. The number of pyridine rings is 1. The molecule has 0 N–H and O–H groups in total. The summed E-state index contributed by atoms with van der Waals surface area (Å²) >= 11 is 0. The summed E-state index contributed by atoms with van der Waals surface area (Å²) in [6.45, 7) is 0. The van der Waals surface area contributed by atoms with Crippen molar-refractivity contribution in [2.75, 3.05) is 0 Å². The minimum Gasteiger partial charge on any atom is -0.256 e. The molecule has 1 aliphatic carbocycles. The van der Waals surface area contributed by atoms with E-state index in [1.807, 2.05) is 48.7 Å². The van der Waals surface area contributed by atoms with Crippen LogP contribution in [-0.4, -0.2) is 4.98 Å². The monoisotopic (exact) mass is 294 g/mol. The maximum atomic E-state index is 9.30. The lowest BCUT2D eigenvalue weighted by Crippen LogP contribution is -1.96. The van der Waals surface area contributed by atoms with E-state index in [2.05, 4.69) is 35.3 Å². The molecule has 0 aliphatic heterocycles. The molecule has 2 nitrogen and oxygen atoms in total. The first-order valence-corrected chi connectivity index (χ1v) is 7.59. The predicted octanol–water partition coefficient (Wildman–Crippen LogP) is 4.69. The quantitative estimate of drug-likeness (QED) is 0.510. The summed E-state index contributed by atoms with van der Waals surface area (Å²) in [6.07, 6.45) is 6.73. The van der Waals surface area contributed by atoms with E-state index < -0.39 is 0 Å². The fourth-order valence-corrected chi connectivity index (χ4v) is 3.03. The average molecular weight is 294 g/mol. The van der Waals surface area contributed by atoms with Gasteiger partial charge in [-0.2, -0.15) is 5.26 Å². The molecule has 0 amide bonds. The summed E-state index contributed by atoms with van der Waals surface area (Å²) in [5.74, 6) is 0. The third kappa shape index (κ3) is 2.43. The number of nitrogens with zero attached hydrogens (tertiary/aromatic N) is 2. The minimum absolute atomic E-state index is 0.717. The summed E-state index contributed by atoms with van der Waals surface area (Å²) < 4.78 is 0. The second-order valence-corrected chi connectivity index (χ2v) is 5.63. The maximum absolute atomic E-state index is 9.30. The van der Waals surface area contributed by atoms with Gasteiger partial charge in [-0.1, -0.05) is 48.5 Å². The van der Waals surface area contributed by atoms with Gasteiger partial charge in [0.05, 0.1) is 17.3 Å². The largest absolute Gasteiger partial charge is 0.256 e. The molecular weight excluding hydrogens is 280 g/mol. The van der Waals surface area contributed by atoms with Gasteiger partial charge in [0.2, 0.25) is 0 Å². The smallest absolute Gasteiger partial charge is 0.0998 e. The van der Waals surface area contributed by atoms with Gasteiger partial charge in [-0.25, -0.2) is 0 Å². The Kier molecular flexibility index (Phi) is 3.25. The van der Waals surface area contributed by atoms with Crippen molar-refractivity contribution in [3.05, 3.63) is 88.7 Å². The Morgan fingerprint density at radius 3 is 2.57 bits per heavy atom. The Balaban J connectivity index is 1.83. The zero-order valence-electron chi connectivity index (χ0n) is 12.5. The normalized spacial score (nSPS) is 12.0. The molecule has 0 fully saturated rings. The van der Waals surface area contributed by atoms with Crippen molar-refractivity contribution in [1.82, 2.24) is 4.98 Å². The number of hydrogen-bond donors (Lipinski definition) is 0. The standard InChI is InChI=1S/C21H14N2/c22-13-17-8-4-7-16-11-18-12-19(15-5-2-1-3-6-15)14-23-21(18)10-9-20(16)17/h1-10,12,14H,11H2. The predicted molar refractivity (Wildman–Crippen MR) is 92.6 cm³/mol. The topological polar surface area (TPSA) is 36.7 Å². The van der Waals surface area contributed by atoms with Gasteiger partial charge in [0, 0.05) is 18.2 Å². The Morgan fingerprint density at radius 1 is 0.870 bits per heavy atom. The van der Waals surface area contributed by atoms with E-state index in [1.165, 1.54) is 16.7 Å². The molecule has 0 atom stereocenters. The lowest BCUT2D eigenvalue weighted by atomic mass is 9.96. The number of rotatable bonds is 1. The first kappa shape index (κ1) is 13.5. The molecule has 108 valence electrons. The van der Waals surface area contributed by atoms with Crippen LogP contribution in [-0.2, 0) is 6.42 Å². The average Bonchev–Trinajstić information content (AvgIpc) is 2.80. The molecule has 2 aromatic carbocycles. The van der Waals surface area contributed by atoms with Gasteiger partial charge in [-0.15, -0.1) is 0 Å². The lowest BCUT2D eigenvalue weighted by Gasteiger charge is -2.09. The summed E-state index contributed by atoms with van der Waals surface area (Å²) in [5.41, 5.74) is 7.36. The van der Waals surface area contributed by atoms with Crippen molar-refractivity contribution in [1.29, 1.82) is 5.26 Å². The van der Waals surface area contributed by atoms with Gasteiger partial charge < -0.3 is 0 Å². The second-order valence-electron chi connectivity index (χ2n) is 5.63. The second kappa shape index (κ2) is 5.55. The lowest BCUT2D eigenvalue weighted by molar-refractivity contribution is 1.13. The van der Waals surface area contributed by atoms with Crippen molar-refractivity contribution in [3.63, 3.8) is 0 Å². The maximum Gasteiger partial charge on any atom is 0.0998 e. The third-order valence-electron chi connectivity index (χ3n) is 4.21. The molecule has 0 spiro atoms. The SMILES string of the molecule is N#Cc1cccc2c1C=Cc1ncc(-c3ccccc3)cc1C2. The molecule has 0 radical (unpaired) electrons. The van der Waals surface area contributed by atoms with Crippen LogP contribution >= 0.6 is 0 Å². The molecule has 23 heavy (non-hydrogen) atoms. The highest BCUT2D eigenvalue weighted by Crippen LogP contribution is 2.28. The van der Waals surface area contributed by atoms with Crippen molar-refractivity contribution >= 4 is 12.2 Å². The van der Waals surface area contributed by atoms with Crippen molar-refractivity contribution in [3.8, 4) is 17.2 Å². The molecular formula is C21H14N2. The first-order valence-electron chi connectivity index (χ1n) is 7.59. The number of fused-ring (bicyclic) bond motifs is 2. The molecule has 1 aliphatic rings. The summed E-state index contributed by atoms with van der Waals surface area (Å²) in [6, 6.07) is 20.7. The molecule has 2 heteroatoms. The van der Waals surface area contributed by atoms with E-state index in [1.54, 1.807) is 0 Å². The number of nitriles is 1. The summed E-state index contributed by atoms with van der Waals surface area (Å²) in [7, 11) is 0. The molecule has 1 aromatic heterocycles. The van der Waals surface area contributed by atoms with Crippen LogP contribution in [0.3, 0.4) is 0 Å². The molecule has 0 unspecified atom stereocenters. The Labute approximate surface area is 135 Å². The van der Waals surface area contributed by atoms with Crippen molar-refractivity contribution in [2.24, 2.45) is 0 Å². The van der Waals surface area contributed by atoms with Gasteiger partial charge in [0.15, 0.2) is 0 Å². The van der Waals surface area contributed by atoms with Crippen LogP contribution in [0.15, 0.2) is 60.8 Å². The fourth-order valence-electron chi connectivity index (χ4n) is 3.03. The Bertz CT molecular complexity index is 947. The van der Waals surface area contributed by atoms with E-state index in [4.69, 9.17) is 0 Å². The number of benzene rings is 2. The number of aromatic nitrogens is 1. The first-order chi connectivity index (χ1) is 11.3. The highest BCUT2D eigenvalue weighted by Gasteiger charge is 2.13. The zero-order chi connectivity index (χ0) is 15.6. The van der Waals surface area contributed by atoms with Crippen LogP contribution in [0.2, 0.25) is 0 Å². The van der Waals surface area contributed by atoms with Crippen molar-refractivity contribution < 1.29 is 0 Å². The highest BCUT2D eigenvalue weighted by atomic mass is 14.7.